The summed E-state index contributed by atoms with van der Waals surface area (Å²) in [4.78, 5) is 16.4. The lowest BCUT2D eigenvalue weighted by molar-refractivity contribution is 0.0606. The Hall–Kier alpha value is -1.92. The predicted octanol–water partition coefficient (Wildman–Crippen LogP) is 2.14. The Kier molecular flexibility index (Phi) is 4.70. The molecule has 2 rings (SSSR count). The maximum absolute atomic E-state index is 11.6. The summed E-state index contributed by atoms with van der Waals surface area (Å²) in [6.45, 7) is 0.0367. The molecule has 20 heavy (non-hydrogen) atoms. The lowest BCUT2D eigenvalue weighted by atomic mass is 10.1. The number of thiophene rings is 1. The first-order valence-electron chi connectivity index (χ1n) is 6.02. The van der Waals surface area contributed by atoms with E-state index in [9.17, 15) is 4.79 Å². The van der Waals surface area contributed by atoms with Crippen molar-refractivity contribution in [3.63, 3.8) is 0 Å². The fourth-order valence-electron chi connectivity index (χ4n) is 1.90. The second-order valence-corrected chi connectivity index (χ2v) is 5.01. The van der Waals surface area contributed by atoms with E-state index in [4.69, 9.17) is 14.6 Å². The minimum atomic E-state index is -0.404. The molecule has 0 aliphatic heterocycles. The Morgan fingerprint density at radius 2 is 2.25 bits per heavy atom. The Balaban J connectivity index is 2.51. The summed E-state index contributed by atoms with van der Waals surface area (Å²) >= 11 is 1.21. The van der Waals surface area contributed by atoms with E-state index in [0.29, 0.717) is 22.1 Å². The highest BCUT2D eigenvalue weighted by Crippen LogP contribution is 2.38. The summed E-state index contributed by atoms with van der Waals surface area (Å²) < 4.78 is 10.0. The van der Waals surface area contributed by atoms with Gasteiger partial charge in [0.1, 0.15) is 4.88 Å². The van der Waals surface area contributed by atoms with Gasteiger partial charge in [0.15, 0.2) is 5.06 Å². The van der Waals surface area contributed by atoms with Gasteiger partial charge < -0.3 is 14.6 Å². The number of methoxy groups -OCH3 is 2. The average Bonchev–Trinajstić information content (AvgIpc) is 2.91. The summed E-state index contributed by atoms with van der Waals surface area (Å²) in [5, 5.41) is 9.72. The number of carbonyl (C=O) groups is 1. The van der Waals surface area contributed by atoms with E-state index < -0.39 is 5.97 Å². The molecule has 2 heterocycles. The van der Waals surface area contributed by atoms with Gasteiger partial charge in [-0.1, -0.05) is 17.4 Å². The topological polar surface area (TPSA) is 68.7 Å². The van der Waals surface area contributed by atoms with Crippen LogP contribution >= 0.6 is 11.3 Å². The number of rotatable bonds is 5. The van der Waals surface area contributed by atoms with Crippen molar-refractivity contribution in [2.45, 2.75) is 6.42 Å². The summed E-state index contributed by atoms with van der Waals surface area (Å²) in [6.07, 6.45) is 2.17. The number of esters is 1. The highest BCUT2D eigenvalue weighted by molar-refractivity contribution is 7.16. The monoisotopic (exact) mass is 293 g/mol. The van der Waals surface area contributed by atoms with Gasteiger partial charge in [-0.2, -0.15) is 0 Å². The fourth-order valence-corrected chi connectivity index (χ4v) is 2.79. The van der Waals surface area contributed by atoms with Crippen molar-refractivity contribution in [2.75, 3.05) is 20.8 Å². The standard InChI is InChI=1S/C14H15NO4S/c1-18-13(17)11-8-10(14(19-2)20-11)12-9(5-7-16)4-3-6-15-12/h3-4,6,8,16H,5,7H2,1-2H3. The third kappa shape index (κ3) is 2.81. The van der Waals surface area contributed by atoms with E-state index in [1.807, 2.05) is 12.1 Å². The van der Waals surface area contributed by atoms with Gasteiger partial charge in [-0.15, -0.1) is 0 Å². The zero-order chi connectivity index (χ0) is 14.5. The molecule has 0 bridgehead atoms. The second kappa shape index (κ2) is 6.49. The van der Waals surface area contributed by atoms with Crippen LogP contribution in [0.2, 0.25) is 0 Å². The van der Waals surface area contributed by atoms with Crippen LogP contribution in [0.25, 0.3) is 11.3 Å². The van der Waals surface area contributed by atoms with Crippen molar-refractivity contribution in [1.82, 2.24) is 4.98 Å². The van der Waals surface area contributed by atoms with Gasteiger partial charge in [-0.3, -0.25) is 4.98 Å². The zero-order valence-electron chi connectivity index (χ0n) is 11.3. The number of nitrogens with zero attached hydrogens (tertiary/aromatic N) is 1. The SMILES string of the molecule is COC(=O)c1cc(-c2ncccc2CCO)c(OC)s1. The van der Waals surface area contributed by atoms with Crippen LogP contribution in [0, 0.1) is 0 Å². The summed E-state index contributed by atoms with van der Waals surface area (Å²) in [6, 6.07) is 5.42. The van der Waals surface area contributed by atoms with Crippen LogP contribution in [0.1, 0.15) is 15.2 Å². The van der Waals surface area contributed by atoms with Gasteiger partial charge in [0.25, 0.3) is 0 Å². The minimum absolute atomic E-state index is 0.0367. The first-order valence-corrected chi connectivity index (χ1v) is 6.84. The molecule has 0 saturated heterocycles. The lowest BCUT2D eigenvalue weighted by Gasteiger charge is -2.07. The second-order valence-electron chi connectivity index (χ2n) is 3.99. The van der Waals surface area contributed by atoms with Crippen molar-refractivity contribution < 1.29 is 19.4 Å². The first kappa shape index (κ1) is 14.5. The number of pyridine rings is 1. The van der Waals surface area contributed by atoms with E-state index in [-0.39, 0.29) is 6.61 Å². The van der Waals surface area contributed by atoms with Crippen molar-refractivity contribution in [1.29, 1.82) is 0 Å². The Labute approximate surface area is 120 Å². The molecule has 0 unspecified atom stereocenters. The average molecular weight is 293 g/mol. The number of carbonyl (C=O) groups excluding carboxylic acids is 1. The maximum atomic E-state index is 11.6. The molecular formula is C14H15NO4S. The third-order valence-electron chi connectivity index (χ3n) is 2.80. The minimum Gasteiger partial charge on any atom is -0.487 e. The predicted molar refractivity (Wildman–Crippen MR) is 76.2 cm³/mol. The highest BCUT2D eigenvalue weighted by Gasteiger charge is 2.19. The van der Waals surface area contributed by atoms with Crippen molar-refractivity contribution in [2.24, 2.45) is 0 Å². The zero-order valence-corrected chi connectivity index (χ0v) is 12.1. The number of hydrogen-bond donors (Lipinski definition) is 1. The molecule has 0 aliphatic carbocycles. The molecule has 6 heteroatoms. The number of ether oxygens (including phenoxy) is 2. The van der Waals surface area contributed by atoms with Gasteiger partial charge in [0, 0.05) is 12.8 Å². The number of aliphatic hydroxyl groups is 1. The molecule has 0 aromatic carbocycles. The fraction of sp³-hybridized carbons (Fsp3) is 0.286. The Morgan fingerprint density at radius 3 is 2.90 bits per heavy atom. The molecular weight excluding hydrogens is 278 g/mol. The highest BCUT2D eigenvalue weighted by atomic mass is 32.1. The van der Waals surface area contributed by atoms with Gasteiger partial charge in [-0.05, 0) is 24.1 Å². The molecule has 0 saturated carbocycles. The third-order valence-corrected chi connectivity index (χ3v) is 3.87. The van der Waals surface area contributed by atoms with Gasteiger partial charge >= 0.3 is 5.97 Å². The van der Waals surface area contributed by atoms with Crippen LogP contribution in [0.5, 0.6) is 5.06 Å². The molecule has 0 amide bonds. The van der Waals surface area contributed by atoms with E-state index in [1.54, 1.807) is 19.4 Å². The van der Waals surface area contributed by atoms with Gasteiger partial charge in [-0.25, -0.2) is 4.79 Å². The van der Waals surface area contributed by atoms with Crippen LogP contribution in [-0.4, -0.2) is 36.9 Å². The summed E-state index contributed by atoms with van der Waals surface area (Å²) in [7, 11) is 2.89. The summed E-state index contributed by atoms with van der Waals surface area (Å²) in [5.41, 5.74) is 2.36. The number of hydrogen-bond acceptors (Lipinski definition) is 6. The molecule has 0 radical (unpaired) electrons. The molecule has 106 valence electrons. The van der Waals surface area contributed by atoms with Crippen molar-refractivity contribution in [3.8, 4) is 16.3 Å². The lowest BCUT2D eigenvalue weighted by Crippen LogP contribution is -1.98. The van der Waals surface area contributed by atoms with Gasteiger partial charge in [0.05, 0.1) is 25.5 Å². The van der Waals surface area contributed by atoms with Crippen molar-refractivity contribution in [3.05, 3.63) is 34.8 Å². The van der Waals surface area contributed by atoms with E-state index in [1.165, 1.54) is 18.4 Å². The van der Waals surface area contributed by atoms with Gasteiger partial charge in [0.2, 0.25) is 0 Å². The summed E-state index contributed by atoms with van der Waals surface area (Å²) in [5.74, 6) is -0.404. The molecule has 2 aromatic rings. The van der Waals surface area contributed by atoms with Crippen LogP contribution in [0.4, 0.5) is 0 Å². The van der Waals surface area contributed by atoms with Crippen LogP contribution in [-0.2, 0) is 11.2 Å². The van der Waals surface area contributed by atoms with Crippen molar-refractivity contribution >= 4 is 17.3 Å². The Bertz CT molecular complexity index is 609. The quantitative estimate of drug-likeness (QED) is 0.855. The van der Waals surface area contributed by atoms with Crippen LogP contribution in [0.3, 0.4) is 0 Å². The molecule has 0 aliphatic rings. The molecule has 2 aromatic heterocycles. The van der Waals surface area contributed by atoms with Crippen LogP contribution in [0.15, 0.2) is 24.4 Å². The Morgan fingerprint density at radius 1 is 1.45 bits per heavy atom. The molecule has 0 atom stereocenters. The largest absolute Gasteiger partial charge is 0.487 e. The smallest absolute Gasteiger partial charge is 0.348 e. The van der Waals surface area contributed by atoms with E-state index >= 15 is 0 Å². The first-order chi connectivity index (χ1) is 9.71. The normalized spacial score (nSPS) is 10.3. The molecule has 0 spiro atoms. The molecule has 1 N–H and O–H groups in total. The van der Waals surface area contributed by atoms with E-state index in [0.717, 1.165) is 11.1 Å². The molecule has 0 fully saturated rings. The maximum Gasteiger partial charge on any atom is 0.348 e. The van der Waals surface area contributed by atoms with E-state index in [2.05, 4.69) is 4.98 Å². The number of aromatic nitrogens is 1. The van der Waals surface area contributed by atoms with Crippen LogP contribution < -0.4 is 4.74 Å². The number of aliphatic hydroxyl groups excluding tert-OH is 1. The molecule has 5 nitrogen and oxygen atoms in total.